The molecule has 0 N–H and O–H groups in total. The molecule has 3 aliphatic rings. The molecule has 1 aromatic rings. The summed E-state index contributed by atoms with van der Waals surface area (Å²) in [6.07, 6.45) is 10.1. The van der Waals surface area contributed by atoms with Crippen LogP contribution in [0.2, 0.25) is 0 Å². The van der Waals surface area contributed by atoms with Crippen LogP contribution in [0.25, 0.3) is 6.08 Å². The standard InChI is InChI=1S/C13H16N2.2ClH/c1-2-12(10-14-5-1)9-13-8-11-3-6-15(13)7-4-11;;/h1-2,5,9-11H,3-4,6-8H2;2*1H/b13-9-;;. The van der Waals surface area contributed by atoms with Crippen LogP contribution in [0, 0.1) is 5.92 Å². The summed E-state index contributed by atoms with van der Waals surface area (Å²) in [4.78, 5) is 6.68. The first-order valence-corrected chi connectivity index (χ1v) is 5.77. The van der Waals surface area contributed by atoms with Gasteiger partial charge in [-0.2, -0.15) is 0 Å². The van der Waals surface area contributed by atoms with Crippen molar-refractivity contribution >= 4 is 30.9 Å². The Balaban J connectivity index is 0.000000722. The molecule has 0 atom stereocenters. The Morgan fingerprint density at radius 3 is 2.53 bits per heavy atom. The molecule has 0 aliphatic carbocycles. The zero-order valence-corrected chi connectivity index (χ0v) is 11.3. The van der Waals surface area contributed by atoms with Gasteiger partial charge in [-0.3, -0.25) is 4.98 Å². The third kappa shape index (κ3) is 3.14. The lowest BCUT2D eigenvalue weighted by Gasteiger charge is -2.42. The smallest absolute Gasteiger partial charge is 0.0340 e. The molecule has 2 bridgehead atoms. The van der Waals surface area contributed by atoms with Gasteiger partial charge >= 0.3 is 0 Å². The normalized spacial score (nSPS) is 20.9. The first-order valence-electron chi connectivity index (χ1n) is 5.77. The van der Waals surface area contributed by atoms with Crippen LogP contribution in [0.4, 0.5) is 0 Å². The van der Waals surface area contributed by atoms with Crippen molar-refractivity contribution in [1.82, 2.24) is 9.88 Å². The zero-order chi connectivity index (χ0) is 10.1. The van der Waals surface area contributed by atoms with E-state index in [0.717, 1.165) is 5.92 Å². The minimum atomic E-state index is 0. The Hall–Kier alpha value is -0.730. The predicted molar refractivity (Wildman–Crippen MR) is 75.6 cm³/mol. The van der Waals surface area contributed by atoms with Crippen LogP contribution in [-0.2, 0) is 0 Å². The number of aromatic nitrogens is 1. The van der Waals surface area contributed by atoms with Crippen molar-refractivity contribution in [3.05, 3.63) is 35.8 Å². The molecule has 2 nitrogen and oxygen atoms in total. The summed E-state index contributed by atoms with van der Waals surface area (Å²) in [6, 6.07) is 4.13. The highest BCUT2D eigenvalue weighted by Crippen LogP contribution is 2.34. The van der Waals surface area contributed by atoms with Gasteiger partial charge in [0.15, 0.2) is 0 Å². The number of allylic oxidation sites excluding steroid dienone is 1. The van der Waals surface area contributed by atoms with E-state index in [2.05, 4.69) is 22.0 Å². The Morgan fingerprint density at radius 1 is 1.24 bits per heavy atom. The van der Waals surface area contributed by atoms with E-state index in [0.29, 0.717) is 0 Å². The lowest BCUT2D eigenvalue weighted by molar-refractivity contribution is 0.163. The van der Waals surface area contributed by atoms with E-state index in [4.69, 9.17) is 0 Å². The lowest BCUT2D eigenvalue weighted by atomic mass is 9.85. The predicted octanol–water partition coefficient (Wildman–Crippen LogP) is 3.38. The van der Waals surface area contributed by atoms with Crippen molar-refractivity contribution < 1.29 is 0 Å². The molecule has 0 unspecified atom stereocenters. The van der Waals surface area contributed by atoms with Gasteiger partial charge in [0, 0.05) is 31.2 Å². The number of pyridine rings is 1. The van der Waals surface area contributed by atoms with Gasteiger partial charge in [-0.15, -0.1) is 24.8 Å². The Labute approximate surface area is 115 Å². The van der Waals surface area contributed by atoms with E-state index in [1.54, 1.807) is 0 Å². The van der Waals surface area contributed by atoms with Crippen LogP contribution in [0.5, 0.6) is 0 Å². The maximum Gasteiger partial charge on any atom is 0.0340 e. The quantitative estimate of drug-likeness (QED) is 0.779. The molecular formula is C13H18Cl2N2. The number of hydrogen-bond acceptors (Lipinski definition) is 2. The molecule has 17 heavy (non-hydrogen) atoms. The molecule has 0 amide bonds. The summed E-state index contributed by atoms with van der Waals surface area (Å²) >= 11 is 0. The number of nitrogens with zero attached hydrogens (tertiary/aromatic N) is 2. The first kappa shape index (κ1) is 14.3. The number of piperidine rings is 3. The van der Waals surface area contributed by atoms with Crippen molar-refractivity contribution in [2.45, 2.75) is 19.3 Å². The molecule has 0 aromatic carbocycles. The molecule has 1 aromatic heterocycles. The van der Waals surface area contributed by atoms with Crippen LogP contribution in [0.3, 0.4) is 0 Å². The monoisotopic (exact) mass is 272 g/mol. The minimum Gasteiger partial charge on any atom is -0.375 e. The van der Waals surface area contributed by atoms with Gasteiger partial charge in [0.2, 0.25) is 0 Å². The summed E-state index contributed by atoms with van der Waals surface area (Å²) in [7, 11) is 0. The maximum atomic E-state index is 4.15. The summed E-state index contributed by atoms with van der Waals surface area (Å²) in [5, 5.41) is 0. The SMILES string of the molecule is C(=C1\CC2CCN1CC2)/c1cccnc1.Cl.Cl. The van der Waals surface area contributed by atoms with E-state index < -0.39 is 0 Å². The molecule has 4 rings (SSSR count). The fourth-order valence-electron chi connectivity index (χ4n) is 2.65. The molecule has 4 heteroatoms. The van der Waals surface area contributed by atoms with E-state index in [-0.39, 0.29) is 24.8 Å². The molecule has 3 aliphatic heterocycles. The maximum absolute atomic E-state index is 4.15. The molecule has 0 spiro atoms. The van der Waals surface area contributed by atoms with Gasteiger partial charge in [0.25, 0.3) is 0 Å². The van der Waals surface area contributed by atoms with E-state index >= 15 is 0 Å². The van der Waals surface area contributed by atoms with Crippen LogP contribution < -0.4 is 0 Å². The Bertz CT molecular complexity index is 370. The molecule has 3 saturated heterocycles. The highest BCUT2D eigenvalue weighted by atomic mass is 35.5. The summed E-state index contributed by atoms with van der Waals surface area (Å²) < 4.78 is 0. The lowest BCUT2D eigenvalue weighted by Crippen LogP contribution is -2.39. The highest BCUT2D eigenvalue weighted by molar-refractivity contribution is 5.85. The molecule has 3 fully saturated rings. The highest BCUT2D eigenvalue weighted by Gasteiger charge is 2.28. The van der Waals surface area contributed by atoms with Gasteiger partial charge in [-0.1, -0.05) is 6.07 Å². The third-order valence-electron chi connectivity index (χ3n) is 3.54. The summed E-state index contributed by atoms with van der Waals surface area (Å²) in [6.45, 7) is 2.52. The number of halogens is 2. The number of hydrogen-bond donors (Lipinski definition) is 0. The van der Waals surface area contributed by atoms with Gasteiger partial charge in [-0.25, -0.2) is 0 Å². The Morgan fingerprint density at radius 2 is 2.00 bits per heavy atom. The largest absolute Gasteiger partial charge is 0.375 e. The van der Waals surface area contributed by atoms with E-state index in [1.165, 1.54) is 43.6 Å². The zero-order valence-electron chi connectivity index (χ0n) is 9.71. The fraction of sp³-hybridized carbons (Fsp3) is 0.462. The number of rotatable bonds is 1. The first-order chi connectivity index (χ1) is 7.42. The Kier molecular flexibility index (Phi) is 5.29. The van der Waals surface area contributed by atoms with Crippen molar-refractivity contribution in [3.63, 3.8) is 0 Å². The van der Waals surface area contributed by atoms with Crippen LogP contribution in [0.1, 0.15) is 24.8 Å². The van der Waals surface area contributed by atoms with Crippen molar-refractivity contribution in [2.24, 2.45) is 5.92 Å². The molecule has 94 valence electrons. The average Bonchev–Trinajstić information content (AvgIpc) is 2.32. The van der Waals surface area contributed by atoms with Crippen LogP contribution in [-0.4, -0.2) is 23.0 Å². The molecular weight excluding hydrogens is 255 g/mol. The molecule has 0 radical (unpaired) electrons. The molecule has 0 saturated carbocycles. The second kappa shape index (κ2) is 6.27. The molecule has 4 heterocycles. The van der Waals surface area contributed by atoms with Gasteiger partial charge in [0.1, 0.15) is 0 Å². The van der Waals surface area contributed by atoms with Crippen molar-refractivity contribution in [3.8, 4) is 0 Å². The minimum absolute atomic E-state index is 0. The topological polar surface area (TPSA) is 16.1 Å². The van der Waals surface area contributed by atoms with Crippen molar-refractivity contribution in [2.75, 3.05) is 13.1 Å². The second-order valence-corrected chi connectivity index (χ2v) is 4.56. The summed E-state index contributed by atoms with van der Waals surface area (Å²) in [5.41, 5.74) is 2.76. The van der Waals surface area contributed by atoms with Crippen molar-refractivity contribution in [1.29, 1.82) is 0 Å². The van der Waals surface area contributed by atoms with E-state index in [9.17, 15) is 0 Å². The number of fused-ring (bicyclic) bond motifs is 3. The van der Waals surface area contributed by atoms with E-state index in [1.807, 2.05) is 18.5 Å². The fourth-order valence-corrected chi connectivity index (χ4v) is 2.65. The summed E-state index contributed by atoms with van der Waals surface area (Å²) in [5.74, 6) is 0.943. The second-order valence-electron chi connectivity index (χ2n) is 4.56. The van der Waals surface area contributed by atoms with Gasteiger partial charge < -0.3 is 4.90 Å². The van der Waals surface area contributed by atoms with Crippen LogP contribution >= 0.6 is 24.8 Å². The van der Waals surface area contributed by atoms with Gasteiger partial charge in [0.05, 0.1) is 0 Å². The average molecular weight is 273 g/mol. The van der Waals surface area contributed by atoms with Crippen LogP contribution in [0.15, 0.2) is 30.2 Å². The third-order valence-corrected chi connectivity index (χ3v) is 3.54. The van der Waals surface area contributed by atoms with Gasteiger partial charge in [-0.05, 0) is 42.9 Å².